The Bertz CT molecular complexity index is 553. The lowest BCUT2D eigenvalue weighted by Gasteiger charge is -2.18. The SMILES string of the molecule is O=C(O)CCC1CCN(C(=O)Nc2cc(Cl)ccc2Br)C1. The van der Waals surface area contributed by atoms with Crippen LogP contribution < -0.4 is 5.32 Å². The Morgan fingerprint density at radius 3 is 2.95 bits per heavy atom. The van der Waals surface area contributed by atoms with Gasteiger partial charge in [0.25, 0.3) is 0 Å². The Hall–Kier alpha value is -1.27. The first-order chi connectivity index (χ1) is 9.95. The molecule has 2 rings (SSSR count). The van der Waals surface area contributed by atoms with E-state index in [2.05, 4.69) is 21.2 Å². The summed E-state index contributed by atoms with van der Waals surface area (Å²) in [7, 11) is 0. The zero-order valence-electron chi connectivity index (χ0n) is 11.3. The summed E-state index contributed by atoms with van der Waals surface area (Å²) in [5.74, 6) is -0.532. The van der Waals surface area contributed by atoms with Crippen molar-refractivity contribution in [2.24, 2.45) is 5.92 Å². The van der Waals surface area contributed by atoms with Gasteiger partial charge in [-0.15, -0.1) is 0 Å². The van der Waals surface area contributed by atoms with E-state index in [0.717, 1.165) is 10.9 Å². The summed E-state index contributed by atoms with van der Waals surface area (Å²) < 4.78 is 0.766. The van der Waals surface area contributed by atoms with Crippen LogP contribution in [0.3, 0.4) is 0 Å². The average molecular weight is 376 g/mol. The Morgan fingerprint density at radius 2 is 2.24 bits per heavy atom. The molecule has 0 spiro atoms. The summed E-state index contributed by atoms with van der Waals surface area (Å²) in [5.41, 5.74) is 0.626. The quantitative estimate of drug-likeness (QED) is 0.840. The lowest BCUT2D eigenvalue weighted by molar-refractivity contribution is -0.137. The minimum atomic E-state index is -0.791. The van der Waals surface area contributed by atoms with Crippen LogP contribution in [-0.2, 0) is 4.79 Å². The van der Waals surface area contributed by atoms with Crippen LogP contribution in [-0.4, -0.2) is 35.1 Å². The number of hydrogen-bond donors (Lipinski definition) is 2. The minimum Gasteiger partial charge on any atom is -0.481 e. The second kappa shape index (κ2) is 7.13. The molecule has 0 bridgehead atoms. The largest absolute Gasteiger partial charge is 0.481 e. The highest BCUT2D eigenvalue weighted by molar-refractivity contribution is 9.10. The van der Waals surface area contributed by atoms with Gasteiger partial charge in [0.05, 0.1) is 5.69 Å². The second-order valence-electron chi connectivity index (χ2n) is 5.09. The minimum absolute atomic E-state index is 0.153. The highest BCUT2D eigenvalue weighted by atomic mass is 79.9. The maximum absolute atomic E-state index is 12.2. The van der Waals surface area contributed by atoms with Crippen molar-refractivity contribution in [2.45, 2.75) is 19.3 Å². The smallest absolute Gasteiger partial charge is 0.321 e. The fourth-order valence-corrected chi connectivity index (χ4v) is 2.89. The number of urea groups is 1. The van der Waals surface area contributed by atoms with Crippen LogP contribution in [0.4, 0.5) is 10.5 Å². The molecule has 21 heavy (non-hydrogen) atoms. The van der Waals surface area contributed by atoms with E-state index < -0.39 is 5.97 Å². The number of carboxylic acid groups (broad SMARTS) is 1. The first-order valence-corrected chi connectivity index (χ1v) is 7.85. The fourth-order valence-electron chi connectivity index (χ4n) is 2.37. The molecule has 114 valence electrons. The lowest BCUT2D eigenvalue weighted by atomic mass is 10.0. The number of hydrogen-bond acceptors (Lipinski definition) is 2. The molecule has 1 aliphatic rings. The van der Waals surface area contributed by atoms with Crippen molar-refractivity contribution >= 4 is 45.2 Å². The number of nitrogens with zero attached hydrogens (tertiary/aromatic N) is 1. The molecular weight excluding hydrogens is 360 g/mol. The molecule has 1 unspecified atom stereocenters. The van der Waals surface area contributed by atoms with Crippen molar-refractivity contribution in [3.05, 3.63) is 27.7 Å². The molecule has 1 heterocycles. The highest BCUT2D eigenvalue weighted by Gasteiger charge is 2.26. The van der Waals surface area contributed by atoms with E-state index in [4.69, 9.17) is 16.7 Å². The molecule has 1 atom stereocenters. The summed E-state index contributed by atoms with van der Waals surface area (Å²) in [6.07, 6.45) is 1.61. The molecule has 1 aliphatic heterocycles. The number of amides is 2. The number of benzene rings is 1. The maximum Gasteiger partial charge on any atom is 0.321 e. The topological polar surface area (TPSA) is 69.6 Å². The van der Waals surface area contributed by atoms with Gasteiger partial charge in [-0.1, -0.05) is 11.6 Å². The molecule has 1 fully saturated rings. The van der Waals surface area contributed by atoms with Crippen molar-refractivity contribution < 1.29 is 14.7 Å². The van der Waals surface area contributed by atoms with Crippen molar-refractivity contribution in [3.63, 3.8) is 0 Å². The Kier molecular flexibility index (Phi) is 5.47. The van der Waals surface area contributed by atoms with Gasteiger partial charge in [-0.3, -0.25) is 4.79 Å². The molecule has 2 N–H and O–H groups in total. The third kappa shape index (κ3) is 4.61. The summed E-state index contributed by atoms with van der Waals surface area (Å²) in [4.78, 5) is 24.5. The maximum atomic E-state index is 12.2. The number of carbonyl (C=O) groups excluding carboxylic acids is 1. The van der Waals surface area contributed by atoms with Crippen molar-refractivity contribution in [1.29, 1.82) is 0 Å². The predicted molar refractivity (Wildman–Crippen MR) is 84.7 cm³/mol. The molecular formula is C14H16BrClN2O3. The van der Waals surface area contributed by atoms with E-state index >= 15 is 0 Å². The van der Waals surface area contributed by atoms with Crippen molar-refractivity contribution in [3.8, 4) is 0 Å². The van der Waals surface area contributed by atoms with Crippen LogP contribution in [0.1, 0.15) is 19.3 Å². The summed E-state index contributed by atoms with van der Waals surface area (Å²) >= 11 is 9.28. The Morgan fingerprint density at radius 1 is 1.48 bits per heavy atom. The van der Waals surface area contributed by atoms with Gasteiger partial charge in [-0.05, 0) is 52.9 Å². The van der Waals surface area contributed by atoms with Crippen LogP contribution in [0.2, 0.25) is 5.02 Å². The first-order valence-electron chi connectivity index (χ1n) is 6.68. The Labute approximate surface area is 136 Å². The van der Waals surface area contributed by atoms with Crippen molar-refractivity contribution in [1.82, 2.24) is 4.90 Å². The predicted octanol–water partition coefficient (Wildman–Crippen LogP) is 3.82. The zero-order valence-corrected chi connectivity index (χ0v) is 13.7. The average Bonchev–Trinajstić information content (AvgIpc) is 2.89. The van der Waals surface area contributed by atoms with Crippen LogP contribution in [0, 0.1) is 5.92 Å². The molecule has 5 nitrogen and oxygen atoms in total. The highest BCUT2D eigenvalue weighted by Crippen LogP contribution is 2.27. The van der Waals surface area contributed by atoms with Gasteiger partial charge in [0.15, 0.2) is 0 Å². The van der Waals surface area contributed by atoms with Crippen LogP contribution in [0.25, 0.3) is 0 Å². The molecule has 0 saturated carbocycles. The van der Waals surface area contributed by atoms with Gasteiger partial charge < -0.3 is 15.3 Å². The number of nitrogens with one attached hydrogen (secondary N) is 1. The first kappa shape index (κ1) is 16.1. The Balaban J connectivity index is 1.90. The lowest BCUT2D eigenvalue weighted by Crippen LogP contribution is -2.33. The van der Waals surface area contributed by atoms with E-state index in [0.29, 0.717) is 30.2 Å². The van der Waals surface area contributed by atoms with Gasteiger partial charge >= 0.3 is 12.0 Å². The van der Waals surface area contributed by atoms with E-state index in [-0.39, 0.29) is 18.4 Å². The monoisotopic (exact) mass is 374 g/mol. The second-order valence-corrected chi connectivity index (χ2v) is 6.38. The molecule has 0 radical (unpaired) electrons. The zero-order chi connectivity index (χ0) is 15.4. The summed E-state index contributed by atoms with van der Waals surface area (Å²) in [5, 5.41) is 12.1. The van der Waals surface area contributed by atoms with Crippen molar-refractivity contribution in [2.75, 3.05) is 18.4 Å². The van der Waals surface area contributed by atoms with Gasteiger partial charge in [-0.25, -0.2) is 4.79 Å². The molecule has 2 amide bonds. The molecule has 0 aromatic heterocycles. The number of rotatable bonds is 4. The number of carbonyl (C=O) groups is 2. The van der Waals surface area contributed by atoms with Gasteiger partial charge in [-0.2, -0.15) is 0 Å². The van der Waals surface area contributed by atoms with E-state index in [9.17, 15) is 9.59 Å². The van der Waals surface area contributed by atoms with Gasteiger partial charge in [0.2, 0.25) is 0 Å². The molecule has 1 saturated heterocycles. The van der Waals surface area contributed by atoms with Gasteiger partial charge in [0, 0.05) is 29.0 Å². The number of aliphatic carboxylic acids is 1. The standard InChI is InChI=1S/C14H16BrClN2O3/c15-11-3-2-10(16)7-12(11)17-14(21)18-6-5-9(8-18)1-4-13(19)20/h2-3,7,9H,1,4-6,8H2,(H,17,21)(H,19,20). The van der Waals surface area contributed by atoms with Crippen LogP contribution in [0.5, 0.6) is 0 Å². The summed E-state index contributed by atoms with van der Waals surface area (Å²) in [6, 6.07) is 5.01. The summed E-state index contributed by atoms with van der Waals surface area (Å²) in [6.45, 7) is 1.24. The van der Waals surface area contributed by atoms with E-state index in [1.807, 2.05) is 0 Å². The number of likely N-dealkylation sites (tertiary alicyclic amines) is 1. The molecule has 1 aromatic rings. The van der Waals surface area contributed by atoms with Gasteiger partial charge in [0.1, 0.15) is 0 Å². The third-order valence-electron chi connectivity index (χ3n) is 3.51. The molecule has 7 heteroatoms. The number of halogens is 2. The van der Waals surface area contributed by atoms with Crippen LogP contribution in [0.15, 0.2) is 22.7 Å². The normalized spacial score (nSPS) is 17.8. The third-order valence-corrected chi connectivity index (χ3v) is 4.44. The van der Waals surface area contributed by atoms with Crippen LogP contribution >= 0.6 is 27.5 Å². The number of carboxylic acids is 1. The van der Waals surface area contributed by atoms with E-state index in [1.165, 1.54) is 0 Å². The molecule has 0 aliphatic carbocycles. The molecule has 1 aromatic carbocycles. The van der Waals surface area contributed by atoms with E-state index in [1.54, 1.807) is 23.1 Å². The fraction of sp³-hybridized carbons (Fsp3) is 0.429. The number of anilines is 1.